The molecule has 4 rings (SSSR count). The van der Waals surface area contributed by atoms with Gasteiger partial charge < -0.3 is 0 Å². The molecule has 0 saturated heterocycles. The largest absolute Gasteiger partial charge is 0.416 e. The average Bonchev–Trinajstić information content (AvgIpc) is 2.82. The van der Waals surface area contributed by atoms with Gasteiger partial charge >= 0.3 is 6.18 Å². The molecule has 0 aliphatic carbocycles. The number of hydrogen-bond donors (Lipinski definition) is 3. The van der Waals surface area contributed by atoms with Crippen LogP contribution in [0.25, 0.3) is 11.4 Å². The van der Waals surface area contributed by atoms with Gasteiger partial charge in [0.2, 0.25) is 0 Å². The number of rotatable bonds is 5. The highest BCUT2D eigenvalue weighted by molar-refractivity contribution is 9.10. The molecule has 0 saturated carbocycles. The van der Waals surface area contributed by atoms with Crippen molar-refractivity contribution in [3.63, 3.8) is 0 Å². The summed E-state index contributed by atoms with van der Waals surface area (Å²) in [7, 11) is 0. The Morgan fingerprint density at radius 1 is 0.771 bits per heavy atom. The smallest absolute Gasteiger partial charge is 0.258 e. The summed E-state index contributed by atoms with van der Waals surface area (Å²) in [5.41, 5.74) is 2.95. The van der Waals surface area contributed by atoms with Crippen molar-refractivity contribution in [3.05, 3.63) is 111 Å². The van der Waals surface area contributed by atoms with Crippen molar-refractivity contribution < 1.29 is 17.6 Å². The molecule has 0 radical (unpaired) electrons. The molecule has 0 spiro atoms. The first-order chi connectivity index (χ1) is 16.7. The van der Waals surface area contributed by atoms with Gasteiger partial charge in [0, 0.05) is 22.9 Å². The van der Waals surface area contributed by atoms with Crippen LogP contribution in [0.15, 0.2) is 77.3 Å². The monoisotopic (exact) mass is 548 g/mol. The fraction of sp³-hybridized carbons (Fsp3) is 0.125. The summed E-state index contributed by atoms with van der Waals surface area (Å²) >= 11 is 3.39. The predicted molar refractivity (Wildman–Crippen MR) is 128 cm³/mol. The Labute approximate surface area is 207 Å². The second kappa shape index (κ2) is 11.9. The number of hydrogen-bond acceptors (Lipinski definition) is 6. The van der Waals surface area contributed by atoms with Crippen molar-refractivity contribution in [2.45, 2.75) is 19.0 Å². The third kappa shape index (κ3) is 7.89. The highest BCUT2D eigenvalue weighted by Gasteiger charge is 2.30. The van der Waals surface area contributed by atoms with E-state index in [2.05, 4.69) is 42.6 Å². The van der Waals surface area contributed by atoms with Crippen LogP contribution in [0.2, 0.25) is 0 Å². The molecule has 5 N–H and O–H groups in total. The van der Waals surface area contributed by atoms with E-state index in [-0.39, 0.29) is 17.2 Å². The van der Waals surface area contributed by atoms with Gasteiger partial charge in [-0.25, -0.2) is 19.3 Å². The summed E-state index contributed by atoms with van der Waals surface area (Å²) in [6.07, 6.45) is -3.79. The van der Waals surface area contributed by atoms with Crippen molar-refractivity contribution in [1.29, 1.82) is 0 Å². The van der Waals surface area contributed by atoms with E-state index < -0.39 is 11.7 Å². The van der Waals surface area contributed by atoms with Crippen LogP contribution in [0.4, 0.5) is 17.6 Å². The van der Waals surface area contributed by atoms with E-state index in [9.17, 15) is 17.6 Å². The van der Waals surface area contributed by atoms with Crippen LogP contribution in [0.3, 0.4) is 0 Å². The second-order valence-corrected chi connectivity index (χ2v) is 8.26. The van der Waals surface area contributed by atoms with E-state index >= 15 is 0 Å². The second-order valence-electron chi connectivity index (χ2n) is 7.34. The topological polar surface area (TPSA) is 103 Å². The molecule has 0 fully saturated rings. The third-order valence-corrected chi connectivity index (χ3v) is 5.26. The number of nitrogens with one attached hydrogen (secondary N) is 1. The number of alkyl halides is 3. The Hall–Kier alpha value is -3.25. The van der Waals surface area contributed by atoms with E-state index in [4.69, 9.17) is 0 Å². The summed E-state index contributed by atoms with van der Waals surface area (Å²) in [6, 6.07) is 18.4. The molecule has 1 heterocycles. The van der Waals surface area contributed by atoms with Crippen LogP contribution in [0.1, 0.15) is 28.3 Å². The Bertz CT molecular complexity index is 1180. The molecule has 0 aliphatic heterocycles. The van der Waals surface area contributed by atoms with Gasteiger partial charge in [0.1, 0.15) is 17.5 Å². The minimum atomic E-state index is -4.47. The zero-order valence-electron chi connectivity index (χ0n) is 18.2. The van der Waals surface area contributed by atoms with Gasteiger partial charge in [-0.3, -0.25) is 11.7 Å². The maximum absolute atomic E-state index is 13.2. The fourth-order valence-corrected chi connectivity index (χ4v) is 3.42. The zero-order chi connectivity index (χ0) is 25.4. The predicted octanol–water partition coefficient (Wildman–Crippen LogP) is 4.96. The summed E-state index contributed by atoms with van der Waals surface area (Å²) < 4.78 is 53.8. The molecule has 0 amide bonds. The number of nitrogens with zero attached hydrogens (tertiary/aromatic N) is 3. The quantitative estimate of drug-likeness (QED) is 0.185. The van der Waals surface area contributed by atoms with Crippen molar-refractivity contribution >= 4 is 15.9 Å². The average molecular weight is 549 g/mol. The van der Waals surface area contributed by atoms with E-state index in [1.165, 1.54) is 24.3 Å². The van der Waals surface area contributed by atoms with E-state index in [1.54, 1.807) is 17.7 Å². The van der Waals surface area contributed by atoms with Crippen LogP contribution in [0.5, 0.6) is 0 Å². The zero-order valence-corrected chi connectivity index (χ0v) is 19.8. The molecule has 182 valence electrons. The van der Waals surface area contributed by atoms with Crippen molar-refractivity contribution in [2.24, 2.45) is 11.7 Å². The van der Waals surface area contributed by atoms with Gasteiger partial charge in [-0.05, 0) is 47.5 Å². The number of benzene rings is 3. The van der Waals surface area contributed by atoms with Gasteiger partial charge in [0.25, 0.3) is 0 Å². The molecule has 6 nitrogen and oxygen atoms in total. The van der Waals surface area contributed by atoms with Crippen LogP contribution in [0, 0.1) is 5.82 Å². The molecule has 0 aliphatic rings. The number of hydrazine groups is 2. The number of aromatic nitrogens is 3. The number of halogens is 5. The molecule has 0 bridgehead atoms. The summed E-state index contributed by atoms with van der Waals surface area (Å²) in [5.74, 6) is 9.39. The van der Waals surface area contributed by atoms with Gasteiger partial charge in [-0.2, -0.15) is 18.7 Å². The lowest BCUT2D eigenvalue weighted by molar-refractivity contribution is -0.137. The van der Waals surface area contributed by atoms with Gasteiger partial charge in [-0.15, -0.1) is 0 Å². The molecule has 1 aromatic heterocycles. The van der Waals surface area contributed by atoms with Gasteiger partial charge in [0.05, 0.1) is 5.56 Å². The first kappa shape index (κ1) is 26.4. The van der Waals surface area contributed by atoms with E-state index in [0.717, 1.165) is 27.7 Å². The molecule has 11 heteroatoms. The lowest BCUT2D eigenvalue weighted by atomic mass is 10.1. The standard InChI is InChI=1S/C24H16BrF4N3.H5N3/c25-19-8-4-15(5-9-19)12-21-30-22(13-16-6-10-20(26)11-7-16)32-23(31-21)17-2-1-3-18(14-17)24(27,28)29;1-3-2/h1-11,14H,12-13H2;3H,1-2H2. The highest BCUT2D eigenvalue weighted by Crippen LogP contribution is 2.31. The first-order valence-electron chi connectivity index (χ1n) is 10.2. The molecular weight excluding hydrogens is 528 g/mol. The van der Waals surface area contributed by atoms with Crippen molar-refractivity contribution in [2.75, 3.05) is 0 Å². The molecule has 4 aromatic rings. The fourth-order valence-electron chi connectivity index (χ4n) is 3.16. The third-order valence-electron chi connectivity index (χ3n) is 4.73. The SMILES string of the molecule is Fc1ccc(Cc2nc(Cc3ccc(Br)cc3)nc(-c3cccc(C(F)(F)F)c3)n2)cc1.NNN. The molecular formula is C24H21BrF4N6. The Kier molecular flexibility index (Phi) is 8.99. The molecule has 0 unspecified atom stereocenters. The van der Waals surface area contributed by atoms with Crippen LogP contribution >= 0.6 is 15.9 Å². The minimum Gasteiger partial charge on any atom is -0.258 e. The lowest BCUT2D eigenvalue weighted by Crippen LogP contribution is -2.29. The van der Waals surface area contributed by atoms with Gasteiger partial charge in [-0.1, -0.05) is 52.3 Å². The normalized spacial score (nSPS) is 11.1. The van der Waals surface area contributed by atoms with Crippen LogP contribution in [-0.2, 0) is 19.0 Å². The van der Waals surface area contributed by atoms with Gasteiger partial charge in [0.15, 0.2) is 5.82 Å². The maximum atomic E-state index is 13.2. The minimum absolute atomic E-state index is 0.162. The Morgan fingerprint density at radius 3 is 1.80 bits per heavy atom. The maximum Gasteiger partial charge on any atom is 0.416 e. The molecule has 0 atom stereocenters. The van der Waals surface area contributed by atoms with E-state index in [0.29, 0.717) is 24.5 Å². The van der Waals surface area contributed by atoms with Crippen LogP contribution in [-0.4, -0.2) is 15.0 Å². The van der Waals surface area contributed by atoms with Crippen molar-refractivity contribution in [1.82, 2.24) is 20.5 Å². The summed E-state index contributed by atoms with van der Waals surface area (Å²) in [6.45, 7) is 0. The molecule has 3 aromatic carbocycles. The first-order valence-corrected chi connectivity index (χ1v) is 11.0. The lowest BCUT2D eigenvalue weighted by Gasteiger charge is -2.11. The molecule has 35 heavy (non-hydrogen) atoms. The number of nitrogens with two attached hydrogens (primary N) is 2. The summed E-state index contributed by atoms with van der Waals surface area (Å²) in [5, 5.41) is 0. The Morgan fingerprint density at radius 2 is 1.29 bits per heavy atom. The Balaban J connectivity index is 0.00000108. The van der Waals surface area contributed by atoms with Crippen molar-refractivity contribution in [3.8, 4) is 11.4 Å². The van der Waals surface area contributed by atoms with Crippen LogP contribution < -0.4 is 17.2 Å². The highest BCUT2D eigenvalue weighted by atomic mass is 79.9. The van der Waals surface area contributed by atoms with E-state index in [1.807, 2.05) is 24.3 Å². The summed E-state index contributed by atoms with van der Waals surface area (Å²) in [4.78, 5) is 13.4.